The van der Waals surface area contributed by atoms with Crippen molar-refractivity contribution in [3.63, 3.8) is 0 Å². The topological polar surface area (TPSA) is 59.4 Å². The van der Waals surface area contributed by atoms with E-state index in [1.807, 2.05) is 30.4 Å². The maximum atomic E-state index is 12.4. The van der Waals surface area contributed by atoms with Crippen LogP contribution in [0.3, 0.4) is 0 Å². The van der Waals surface area contributed by atoms with Gasteiger partial charge in [0.25, 0.3) is 0 Å². The van der Waals surface area contributed by atoms with Crippen LogP contribution in [-0.2, 0) is 11.3 Å². The van der Waals surface area contributed by atoms with Crippen LogP contribution in [-0.4, -0.2) is 52.6 Å². The number of likely N-dealkylation sites (tertiary alicyclic amines) is 1. The second-order valence-electron chi connectivity index (χ2n) is 7.42. The molecule has 1 unspecified atom stereocenters. The predicted octanol–water partition coefficient (Wildman–Crippen LogP) is 2.49. The Balaban J connectivity index is 1.39. The van der Waals surface area contributed by atoms with Crippen LogP contribution < -0.4 is 5.32 Å². The van der Waals surface area contributed by atoms with Crippen LogP contribution in [0.1, 0.15) is 44.0 Å². The van der Waals surface area contributed by atoms with E-state index in [1.165, 1.54) is 12.8 Å². The van der Waals surface area contributed by atoms with Crippen molar-refractivity contribution in [3.8, 4) is 0 Å². The van der Waals surface area contributed by atoms with Gasteiger partial charge in [0.1, 0.15) is 0 Å². The molecule has 1 atom stereocenters. The van der Waals surface area contributed by atoms with Gasteiger partial charge in [-0.05, 0) is 58.4 Å². The molecule has 1 saturated heterocycles. The maximum Gasteiger partial charge on any atom is 0.317 e. The minimum Gasteiger partial charge on any atom is -0.378 e. The van der Waals surface area contributed by atoms with E-state index in [0.717, 1.165) is 49.8 Å². The molecule has 1 N–H and O–H groups in total. The van der Waals surface area contributed by atoms with Gasteiger partial charge in [-0.1, -0.05) is 0 Å². The summed E-state index contributed by atoms with van der Waals surface area (Å²) in [7, 11) is 0. The fraction of sp³-hybridized carbons (Fsp3) is 0.778. The zero-order valence-electron chi connectivity index (χ0n) is 15.1. The first-order valence-corrected chi connectivity index (χ1v) is 9.19. The van der Waals surface area contributed by atoms with Gasteiger partial charge in [-0.2, -0.15) is 5.10 Å². The van der Waals surface area contributed by atoms with Gasteiger partial charge in [0.15, 0.2) is 0 Å². The van der Waals surface area contributed by atoms with E-state index in [1.54, 1.807) is 0 Å². The Morgan fingerprint density at radius 2 is 2.04 bits per heavy atom. The fourth-order valence-corrected chi connectivity index (χ4v) is 3.25. The minimum absolute atomic E-state index is 0.0321. The number of ether oxygens (including phenoxy) is 1. The second-order valence-corrected chi connectivity index (χ2v) is 7.42. The molecule has 1 aliphatic carbocycles. The van der Waals surface area contributed by atoms with Crippen LogP contribution in [0.5, 0.6) is 0 Å². The molecule has 2 fully saturated rings. The summed E-state index contributed by atoms with van der Waals surface area (Å²) >= 11 is 0. The molecule has 1 saturated carbocycles. The number of rotatable bonds is 6. The lowest BCUT2D eigenvalue weighted by molar-refractivity contribution is 0.00929. The summed E-state index contributed by atoms with van der Waals surface area (Å²) < 4.78 is 7.90. The van der Waals surface area contributed by atoms with E-state index >= 15 is 0 Å². The van der Waals surface area contributed by atoms with E-state index in [4.69, 9.17) is 4.74 Å². The van der Waals surface area contributed by atoms with Crippen LogP contribution in [0, 0.1) is 19.8 Å². The van der Waals surface area contributed by atoms with Crippen molar-refractivity contribution in [2.75, 3.05) is 19.7 Å². The maximum absolute atomic E-state index is 12.4. The molecule has 2 heterocycles. The highest BCUT2D eigenvalue weighted by atomic mass is 16.5. The standard InChI is InChI=1S/C18H30N4O2/c1-13-10-15(3)22(20-13)11-14(2)19-18(23)21-8-6-17(7-9-21)24-12-16-4-5-16/h10,14,16-17H,4-9,11-12H2,1-3H3,(H,19,23). The molecule has 2 amide bonds. The average molecular weight is 334 g/mol. The Morgan fingerprint density at radius 1 is 1.33 bits per heavy atom. The van der Waals surface area contributed by atoms with Crippen molar-refractivity contribution in [1.82, 2.24) is 20.0 Å². The lowest BCUT2D eigenvalue weighted by Gasteiger charge is -2.32. The third kappa shape index (κ3) is 4.72. The number of piperidine rings is 1. The number of hydrogen-bond donors (Lipinski definition) is 1. The molecule has 0 radical (unpaired) electrons. The van der Waals surface area contributed by atoms with Crippen LogP contribution in [0.2, 0.25) is 0 Å². The molecule has 2 aliphatic rings. The number of carbonyl (C=O) groups is 1. The smallest absolute Gasteiger partial charge is 0.317 e. The zero-order chi connectivity index (χ0) is 17.1. The lowest BCUT2D eigenvalue weighted by Crippen LogP contribution is -2.49. The molecule has 1 aromatic heterocycles. The highest BCUT2D eigenvalue weighted by Crippen LogP contribution is 2.30. The van der Waals surface area contributed by atoms with E-state index < -0.39 is 0 Å². The number of aromatic nitrogens is 2. The Morgan fingerprint density at radius 3 is 2.62 bits per heavy atom. The van der Waals surface area contributed by atoms with Crippen LogP contribution in [0.25, 0.3) is 0 Å². The van der Waals surface area contributed by atoms with Gasteiger partial charge >= 0.3 is 6.03 Å². The summed E-state index contributed by atoms with van der Waals surface area (Å²) in [6.07, 6.45) is 4.89. The van der Waals surface area contributed by atoms with Crippen molar-refractivity contribution < 1.29 is 9.53 Å². The summed E-state index contributed by atoms with van der Waals surface area (Å²) in [5, 5.41) is 7.55. The molecular formula is C18H30N4O2. The minimum atomic E-state index is 0.0321. The summed E-state index contributed by atoms with van der Waals surface area (Å²) in [5.41, 5.74) is 2.14. The van der Waals surface area contributed by atoms with E-state index in [0.29, 0.717) is 12.6 Å². The second kappa shape index (κ2) is 7.55. The van der Waals surface area contributed by atoms with Crippen molar-refractivity contribution in [2.24, 2.45) is 5.92 Å². The highest BCUT2D eigenvalue weighted by Gasteiger charge is 2.27. The number of nitrogens with zero attached hydrogens (tertiary/aromatic N) is 3. The Kier molecular flexibility index (Phi) is 5.43. The Hall–Kier alpha value is -1.56. The fourth-order valence-electron chi connectivity index (χ4n) is 3.25. The number of carbonyl (C=O) groups excluding carboxylic acids is 1. The molecule has 0 aromatic carbocycles. The molecule has 0 bridgehead atoms. The third-order valence-electron chi connectivity index (χ3n) is 4.91. The Bertz CT molecular complexity index is 559. The molecular weight excluding hydrogens is 304 g/mol. The molecule has 1 aliphatic heterocycles. The highest BCUT2D eigenvalue weighted by molar-refractivity contribution is 5.74. The van der Waals surface area contributed by atoms with Crippen LogP contribution in [0.4, 0.5) is 4.79 Å². The molecule has 134 valence electrons. The summed E-state index contributed by atoms with van der Waals surface area (Å²) in [4.78, 5) is 14.3. The van der Waals surface area contributed by atoms with Gasteiger partial charge in [0, 0.05) is 31.4 Å². The first kappa shape index (κ1) is 17.3. The van der Waals surface area contributed by atoms with Crippen LogP contribution >= 0.6 is 0 Å². The molecule has 0 spiro atoms. The largest absolute Gasteiger partial charge is 0.378 e. The van der Waals surface area contributed by atoms with Gasteiger partial charge < -0.3 is 15.0 Å². The molecule has 1 aromatic rings. The monoisotopic (exact) mass is 334 g/mol. The third-order valence-corrected chi connectivity index (χ3v) is 4.91. The first-order valence-electron chi connectivity index (χ1n) is 9.19. The summed E-state index contributed by atoms with van der Waals surface area (Å²) in [6, 6.07) is 2.14. The lowest BCUT2D eigenvalue weighted by atomic mass is 10.1. The normalized spacial score (nSPS) is 20.2. The van der Waals surface area contributed by atoms with Gasteiger partial charge in [0.05, 0.1) is 18.3 Å². The van der Waals surface area contributed by atoms with Crippen LogP contribution in [0.15, 0.2) is 6.07 Å². The quantitative estimate of drug-likeness (QED) is 0.869. The SMILES string of the molecule is Cc1cc(C)n(CC(C)NC(=O)N2CCC(OCC3CC3)CC2)n1. The Labute approximate surface area is 144 Å². The first-order chi connectivity index (χ1) is 11.5. The zero-order valence-corrected chi connectivity index (χ0v) is 15.1. The molecule has 3 rings (SSSR count). The van der Waals surface area contributed by atoms with Gasteiger partial charge in [-0.25, -0.2) is 4.79 Å². The van der Waals surface area contributed by atoms with E-state index in [2.05, 4.69) is 16.5 Å². The number of hydrogen-bond acceptors (Lipinski definition) is 3. The number of aryl methyl sites for hydroxylation is 2. The van der Waals surface area contributed by atoms with Crippen molar-refractivity contribution in [1.29, 1.82) is 0 Å². The van der Waals surface area contributed by atoms with Crippen molar-refractivity contribution >= 4 is 6.03 Å². The van der Waals surface area contributed by atoms with E-state index in [-0.39, 0.29) is 12.1 Å². The van der Waals surface area contributed by atoms with Gasteiger partial charge in [-0.15, -0.1) is 0 Å². The molecule has 24 heavy (non-hydrogen) atoms. The summed E-state index contributed by atoms with van der Waals surface area (Å²) in [5.74, 6) is 0.807. The number of urea groups is 1. The number of nitrogens with one attached hydrogen (secondary N) is 1. The number of amides is 2. The van der Waals surface area contributed by atoms with Gasteiger partial charge in [-0.3, -0.25) is 4.68 Å². The van der Waals surface area contributed by atoms with Crippen molar-refractivity contribution in [3.05, 3.63) is 17.5 Å². The predicted molar refractivity (Wildman–Crippen MR) is 93.0 cm³/mol. The van der Waals surface area contributed by atoms with Crippen molar-refractivity contribution in [2.45, 2.75) is 65.1 Å². The molecule has 6 nitrogen and oxygen atoms in total. The van der Waals surface area contributed by atoms with Gasteiger partial charge in [0.2, 0.25) is 0 Å². The molecule has 6 heteroatoms. The van der Waals surface area contributed by atoms with E-state index in [9.17, 15) is 4.79 Å². The summed E-state index contributed by atoms with van der Waals surface area (Å²) in [6.45, 7) is 9.24. The average Bonchev–Trinajstić information content (AvgIpc) is 3.31.